The highest BCUT2D eigenvalue weighted by atomic mass is 35.5. The van der Waals surface area contributed by atoms with Crippen LogP contribution in [-0.2, 0) is 16.4 Å². The molecule has 7 heteroatoms. The van der Waals surface area contributed by atoms with Crippen molar-refractivity contribution in [1.82, 2.24) is 0 Å². The SMILES string of the molecule is CCS(=O)(=O)N1c2ccc(C(=O)Nc3ccccc3Cl)cc2C[C@H]1C. The lowest BCUT2D eigenvalue weighted by atomic mass is 10.1. The molecule has 0 fully saturated rings. The Morgan fingerprint density at radius 3 is 2.68 bits per heavy atom. The molecule has 25 heavy (non-hydrogen) atoms. The Kier molecular flexibility index (Phi) is 4.75. The van der Waals surface area contributed by atoms with Gasteiger partial charge < -0.3 is 5.32 Å². The summed E-state index contributed by atoms with van der Waals surface area (Å²) >= 11 is 6.07. The van der Waals surface area contributed by atoms with Crippen molar-refractivity contribution in [1.29, 1.82) is 0 Å². The number of hydrogen-bond donors (Lipinski definition) is 1. The molecule has 1 amide bonds. The molecule has 0 spiro atoms. The zero-order valence-electron chi connectivity index (χ0n) is 14.0. The predicted octanol–water partition coefficient (Wildman–Crippen LogP) is 3.69. The van der Waals surface area contributed by atoms with Crippen LogP contribution in [0.25, 0.3) is 0 Å². The maximum absolute atomic E-state index is 12.5. The minimum Gasteiger partial charge on any atom is -0.321 e. The average Bonchev–Trinajstić information content (AvgIpc) is 2.92. The van der Waals surface area contributed by atoms with Crippen LogP contribution in [0, 0.1) is 0 Å². The number of anilines is 2. The van der Waals surface area contributed by atoms with Crippen LogP contribution in [0.1, 0.15) is 29.8 Å². The molecule has 1 N–H and O–H groups in total. The first-order valence-corrected chi connectivity index (χ1v) is 10.0. The lowest BCUT2D eigenvalue weighted by Crippen LogP contribution is -2.36. The van der Waals surface area contributed by atoms with E-state index in [1.54, 1.807) is 49.4 Å². The second kappa shape index (κ2) is 6.69. The molecule has 1 heterocycles. The summed E-state index contributed by atoms with van der Waals surface area (Å²) in [4.78, 5) is 12.5. The molecule has 0 aromatic heterocycles. The summed E-state index contributed by atoms with van der Waals surface area (Å²) < 4.78 is 26.1. The fraction of sp³-hybridized carbons (Fsp3) is 0.278. The van der Waals surface area contributed by atoms with E-state index in [2.05, 4.69) is 5.32 Å². The van der Waals surface area contributed by atoms with Crippen LogP contribution >= 0.6 is 11.6 Å². The van der Waals surface area contributed by atoms with Gasteiger partial charge in [-0.3, -0.25) is 9.10 Å². The van der Waals surface area contributed by atoms with Crippen molar-refractivity contribution < 1.29 is 13.2 Å². The molecule has 2 aromatic rings. The molecule has 0 saturated heterocycles. The summed E-state index contributed by atoms with van der Waals surface area (Å²) in [5.41, 5.74) is 2.53. The first-order chi connectivity index (χ1) is 11.8. The first kappa shape index (κ1) is 17.8. The highest BCUT2D eigenvalue weighted by molar-refractivity contribution is 7.92. The van der Waals surface area contributed by atoms with Gasteiger partial charge in [0.05, 0.1) is 22.2 Å². The van der Waals surface area contributed by atoms with E-state index in [9.17, 15) is 13.2 Å². The highest BCUT2D eigenvalue weighted by Crippen LogP contribution is 2.35. The van der Waals surface area contributed by atoms with Crippen LogP contribution in [0.3, 0.4) is 0 Å². The van der Waals surface area contributed by atoms with E-state index in [0.29, 0.717) is 28.4 Å². The normalized spacial score (nSPS) is 16.6. The molecule has 3 rings (SSSR count). The number of para-hydroxylation sites is 1. The summed E-state index contributed by atoms with van der Waals surface area (Å²) in [6.07, 6.45) is 0.585. The molecular weight excluding hydrogens is 360 g/mol. The van der Waals surface area contributed by atoms with Gasteiger partial charge in [0, 0.05) is 11.6 Å². The summed E-state index contributed by atoms with van der Waals surface area (Å²) in [7, 11) is -3.33. The maximum Gasteiger partial charge on any atom is 0.255 e. The minimum atomic E-state index is -3.33. The van der Waals surface area contributed by atoms with Crippen molar-refractivity contribution in [2.45, 2.75) is 26.3 Å². The van der Waals surface area contributed by atoms with Gasteiger partial charge in [0.1, 0.15) is 0 Å². The molecule has 1 atom stereocenters. The lowest BCUT2D eigenvalue weighted by Gasteiger charge is -2.23. The van der Waals surface area contributed by atoms with Crippen LogP contribution in [0.4, 0.5) is 11.4 Å². The van der Waals surface area contributed by atoms with Crippen molar-refractivity contribution in [2.24, 2.45) is 0 Å². The van der Waals surface area contributed by atoms with Crippen LogP contribution in [0.15, 0.2) is 42.5 Å². The molecule has 5 nitrogen and oxygen atoms in total. The minimum absolute atomic E-state index is 0.0471. The smallest absolute Gasteiger partial charge is 0.255 e. The Labute approximate surface area is 152 Å². The van der Waals surface area contributed by atoms with E-state index in [1.807, 2.05) is 6.92 Å². The zero-order chi connectivity index (χ0) is 18.2. The van der Waals surface area contributed by atoms with Gasteiger partial charge in [0.15, 0.2) is 0 Å². The number of fused-ring (bicyclic) bond motifs is 1. The lowest BCUT2D eigenvalue weighted by molar-refractivity contribution is 0.102. The van der Waals surface area contributed by atoms with Crippen molar-refractivity contribution in [3.8, 4) is 0 Å². The largest absolute Gasteiger partial charge is 0.321 e. The number of carbonyl (C=O) groups excluding carboxylic acids is 1. The number of amides is 1. The third-order valence-electron chi connectivity index (χ3n) is 4.28. The topological polar surface area (TPSA) is 66.5 Å². The van der Waals surface area contributed by atoms with Gasteiger partial charge in [-0.2, -0.15) is 0 Å². The Bertz CT molecular complexity index is 928. The molecule has 2 aromatic carbocycles. The number of halogens is 1. The summed E-state index contributed by atoms with van der Waals surface area (Å²) in [6, 6.07) is 12.0. The van der Waals surface area contributed by atoms with Crippen molar-refractivity contribution in [2.75, 3.05) is 15.4 Å². The number of carbonyl (C=O) groups is 1. The summed E-state index contributed by atoms with van der Waals surface area (Å²) in [6.45, 7) is 3.50. The van der Waals surface area contributed by atoms with E-state index >= 15 is 0 Å². The van der Waals surface area contributed by atoms with E-state index in [1.165, 1.54) is 4.31 Å². The van der Waals surface area contributed by atoms with Crippen LogP contribution in [-0.4, -0.2) is 26.1 Å². The molecule has 0 saturated carbocycles. The number of sulfonamides is 1. The van der Waals surface area contributed by atoms with Crippen LogP contribution in [0.2, 0.25) is 5.02 Å². The van der Waals surface area contributed by atoms with Gasteiger partial charge >= 0.3 is 0 Å². The monoisotopic (exact) mass is 378 g/mol. The molecule has 0 aliphatic carbocycles. The van der Waals surface area contributed by atoms with Crippen LogP contribution in [0.5, 0.6) is 0 Å². The Balaban J connectivity index is 1.89. The van der Waals surface area contributed by atoms with Crippen molar-refractivity contribution >= 4 is 38.9 Å². The molecule has 0 radical (unpaired) electrons. The molecule has 1 aliphatic rings. The fourth-order valence-electron chi connectivity index (χ4n) is 3.06. The first-order valence-electron chi connectivity index (χ1n) is 8.04. The molecule has 1 aliphatic heterocycles. The van der Waals surface area contributed by atoms with Gasteiger partial charge in [0.2, 0.25) is 10.0 Å². The summed E-state index contributed by atoms with van der Waals surface area (Å²) in [5, 5.41) is 3.24. The number of benzene rings is 2. The number of nitrogens with one attached hydrogen (secondary N) is 1. The Morgan fingerprint density at radius 1 is 1.28 bits per heavy atom. The second-order valence-corrected chi connectivity index (χ2v) is 8.57. The number of hydrogen-bond acceptors (Lipinski definition) is 3. The van der Waals surface area contributed by atoms with Gasteiger partial charge in [0.25, 0.3) is 5.91 Å². The fourth-order valence-corrected chi connectivity index (χ4v) is 4.63. The number of nitrogens with zero attached hydrogens (tertiary/aromatic N) is 1. The van der Waals surface area contributed by atoms with Crippen LogP contribution < -0.4 is 9.62 Å². The number of rotatable bonds is 4. The standard InChI is InChI=1S/C18H19ClN2O3S/c1-3-25(23,24)21-12(2)10-14-11-13(8-9-17(14)21)18(22)20-16-7-5-4-6-15(16)19/h4-9,11-12H,3,10H2,1-2H3,(H,20,22)/t12-/m1/s1. The zero-order valence-corrected chi connectivity index (χ0v) is 15.6. The quantitative estimate of drug-likeness (QED) is 0.882. The van der Waals surface area contributed by atoms with Gasteiger partial charge in [-0.05, 0) is 56.2 Å². The van der Waals surface area contributed by atoms with Gasteiger partial charge in [-0.15, -0.1) is 0 Å². The average molecular weight is 379 g/mol. The molecule has 0 unspecified atom stereocenters. The molecular formula is C18H19ClN2O3S. The predicted molar refractivity (Wildman–Crippen MR) is 101 cm³/mol. The van der Waals surface area contributed by atoms with E-state index in [0.717, 1.165) is 5.56 Å². The van der Waals surface area contributed by atoms with Crippen molar-refractivity contribution in [3.63, 3.8) is 0 Å². The molecule has 132 valence electrons. The second-order valence-electron chi connectivity index (χ2n) is 6.03. The highest BCUT2D eigenvalue weighted by Gasteiger charge is 2.34. The van der Waals surface area contributed by atoms with Gasteiger partial charge in [-0.1, -0.05) is 23.7 Å². The van der Waals surface area contributed by atoms with Gasteiger partial charge in [-0.25, -0.2) is 8.42 Å². The maximum atomic E-state index is 12.5. The van der Waals surface area contributed by atoms with Crippen molar-refractivity contribution in [3.05, 3.63) is 58.6 Å². The van der Waals surface area contributed by atoms with E-state index < -0.39 is 10.0 Å². The van der Waals surface area contributed by atoms with E-state index in [4.69, 9.17) is 11.6 Å². The Morgan fingerprint density at radius 2 is 2.00 bits per heavy atom. The third-order valence-corrected chi connectivity index (χ3v) is 6.50. The van der Waals surface area contributed by atoms with E-state index in [-0.39, 0.29) is 17.7 Å². The Hall–Kier alpha value is -2.05. The third kappa shape index (κ3) is 3.37. The summed E-state index contributed by atoms with van der Waals surface area (Å²) in [5.74, 6) is -0.230. The molecule has 0 bridgehead atoms.